The lowest BCUT2D eigenvalue weighted by Crippen LogP contribution is -2.18. The molecule has 21 heavy (non-hydrogen) atoms. The topological polar surface area (TPSA) is 12.0 Å². The summed E-state index contributed by atoms with van der Waals surface area (Å²) < 4.78 is 16.5. The van der Waals surface area contributed by atoms with Crippen LogP contribution in [0.2, 0.25) is 5.02 Å². The van der Waals surface area contributed by atoms with Crippen molar-refractivity contribution in [3.05, 3.63) is 68.2 Å². The van der Waals surface area contributed by atoms with Crippen LogP contribution in [-0.2, 0) is 0 Å². The maximum Gasteiger partial charge on any atom is 0.129 e. The molecule has 1 nitrogen and oxygen atoms in total. The zero-order valence-corrected chi connectivity index (χ0v) is 14.3. The molecule has 0 bridgehead atoms. The zero-order chi connectivity index (χ0) is 15.0. The van der Waals surface area contributed by atoms with Crippen molar-refractivity contribution >= 4 is 49.0 Å². The molecule has 5 heteroatoms. The van der Waals surface area contributed by atoms with Crippen molar-refractivity contribution in [2.45, 2.75) is 6.04 Å². The van der Waals surface area contributed by atoms with Crippen LogP contribution in [-0.4, -0.2) is 7.05 Å². The van der Waals surface area contributed by atoms with Crippen LogP contribution >= 0.6 is 38.9 Å². The van der Waals surface area contributed by atoms with E-state index in [0.29, 0.717) is 10.6 Å². The van der Waals surface area contributed by atoms with Gasteiger partial charge >= 0.3 is 0 Å². The molecule has 0 aliphatic rings. The molecule has 3 rings (SSSR count). The largest absolute Gasteiger partial charge is 0.309 e. The molecule has 1 aromatic heterocycles. The number of hydrogen-bond donors (Lipinski definition) is 1. The van der Waals surface area contributed by atoms with Gasteiger partial charge in [0.2, 0.25) is 0 Å². The Morgan fingerprint density at radius 1 is 1.24 bits per heavy atom. The minimum atomic E-state index is -0.295. The number of benzene rings is 2. The second-order valence-corrected chi connectivity index (χ2v) is 6.87. The van der Waals surface area contributed by atoms with Crippen molar-refractivity contribution in [3.8, 4) is 0 Å². The van der Waals surface area contributed by atoms with E-state index in [1.54, 1.807) is 23.5 Å². The van der Waals surface area contributed by atoms with Crippen LogP contribution in [0.3, 0.4) is 0 Å². The average molecular weight is 385 g/mol. The molecule has 0 radical (unpaired) electrons. The van der Waals surface area contributed by atoms with E-state index in [1.807, 2.05) is 19.2 Å². The fourth-order valence-corrected chi connectivity index (χ4v) is 4.29. The van der Waals surface area contributed by atoms with Gasteiger partial charge < -0.3 is 5.32 Å². The Morgan fingerprint density at radius 2 is 2.05 bits per heavy atom. The molecule has 108 valence electrons. The molecule has 1 unspecified atom stereocenters. The molecule has 1 heterocycles. The minimum Gasteiger partial charge on any atom is -0.309 e. The number of halogens is 3. The van der Waals surface area contributed by atoms with Gasteiger partial charge in [-0.2, -0.15) is 0 Å². The summed E-state index contributed by atoms with van der Waals surface area (Å²) in [6.07, 6.45) is 0. The molecule has 2 aromatic carbocycles. The van der Waals surface area contributed by atoms with Crippen molar-refractivity contribution in [3.63, 3.8) is 0 Å². The molecule has 0 fully saturated rings. The standard InChI is InChI=1S/C16H12BrClFNS/c1-20-15(11-6-5-9(18)7-14(11)19)12-8-21-16-10(12)3-2-4-13(16)17/h2-8,15,20H,1H3. The highest BCUT2D eigenvalue weighted by Crippen LogP contribution is 2.37. The van der Waals surface area contributed by atoms with Gasteiger partial charge in [0, 0.05) is 19.8 Å². The maximum absolute atomic E-state index is 14.2. The summed E-state index contributed by atoms with van der Waals surface area (Å²) in [4.78, 5) is 0. The van der Waals surface area contributed by atoms with E-state index in [2.05, 4.69) is 32.7 Å². The summed E-state index contributed by atoms with van der Waals surface area (Å²) in [7, 11) is 1.83. The number of hydrogen-bond acceptors (Lipinski definition) is 2. The highest BCUT2D eigenvalue weighted by molar-refractivity contribution is 9.10. The first-order chi connectivity index (χ1) is 10.1. The lowest BCUT2D eigenvalue weighted by Gasteiger charge is -2.17. The fourth-order valence-electron chi connectivity index (χ4n) is 2.48. The zero-order valence-electron chi connectivity index (χ0n) is 11.2. The highest BCUT2D eigenvalue weighted by atomic mass is 79.9. The van der Waals surface area contributed by atoms with Crippen molar-refractivity contribution in [1.82, 2.24) is 5.32 Å². The Kier molecular flexibility index (Phi) is 4.31. The number of fused-ring (bicyclic) bond motifs is 1. The molecule has 0 aliphatic carbocycles. The molecular formula is C16H12BrClFNS. The van der Waals surface area contributed by atoms with Crippen molar-refractivity contribution < 1.29 is 4.39 Å². The van der Waals surface area contributed by atoms with Crippen LogP contribution in [0.5, 0.6) is 0 Å². The normalized spacial score (nSPS) is 12.8. The Morgan fingerprint density at radius 3 is 2.76 bits per heavy atom. The van der Waals surface area contributed by atoms with E-state index in [0.717, 1.165) is 15.4 Å². The third-order valence-electron chi connectivity index (χ3n) is 3.45. The second-order valence-electron chi connectivity index (χ2n) is 4.70. The van der Waals surface area contributed by atoms with E-state index >= 15 is 0 Å². The minimum absolute atomic E-state index is 0.203. The summed E-state index contributed by atoms with van der Waals surface area (Å²) >= 11 is 11.1. The number of rotatable bonds is 3. The Bertz CT molecular complexity index is 802. The van der Waals surface area contributed by atoms with Gasteiger partial charge in [-0.15, -0.1) is 11.3 Å². The predicted molar refractivity (Wildman–Crippen MR) is 91.8 cm³/mol. The van der Waals surface area contributed by atoms with Crippen LogP contribution in [0.4, 0.5) is 4.39 Å². The van der Waals surface area contributed by atoms with Gasteiger partial charge in [0.15, 0.2) is 0 Å². The van der Waals surface area contributed by atoms with Crippen LogP contribution < -0.4 is 5.32 Å². The van der Waals surface area contributed by atoms with Gasteiger partial charge in [0.05, 0.1) is 6.04 Å². The molecule has 1 atom stereocenters. The Labute approximate surface area is 139 Å². The molecule has 0 saturated heterocycles. The quantitative estimate of drug-likeness (QED) is 0.605. The van der Waals surface area contributed by atoms with Gasteiger partial charge in [-0.05, 0) is 57.5 Å². The third kappa shape index (κ3) is 2.73. The first kappa shape index (κ1) is 15.0. The molecule has 0 amide bonds. The van der Waals surface area contributed by atoms with E-state index < -0.39 is 0 Å². The monoisotopic (exact) mass is 383 g/mol. The van der Waals surface area contributed by atoms with E-state index in [9.17, 15) is 4.39 Å². The van der Waals surface area contributed by atoms with Crippen molar-refractivity contribution in [2.24, 2.45) is 0 Å². The van der Waals surface area contributed by atoms with Gasteiger partial charge in [0.1, 0.15) is 5.82 Å². The van der Waals surface area contributed by atoms with Crippen LogP contribution in [0.25, 0.3) is 10.1 Å². The highest BCUT2D eigenvalue weighted by Gasteiger charge is 2.20. The van der Waals surface area contributed by atoms with Gasteiger partial charge in [-0.3, -0.25) is 0 Å². The summed E-state index contributed by atoms with van der Waals surface area (Å²) in [6, 6.07) is 10.7. The van der Waals surface area contributed by atoms with E-state index in [4.69, 9.17) is 11.6 Å². The summed E-state index contributed by atoms with van der Waals surface area (Å²) in [6.45, 7) is 0. The molecule has 1 N–H and O–H groups in total. The molecular weight excluding hydrogens is 373 g/mol. The maximum atomic E-state index is 14.2. The van der Waals surface area contributed by atoms with Crippen LogP contribution in [0, 0.1) is 5.82 Å². The Balaban J connectivity index is 2.16. The third-order valence-corrected chi connectivity index (χ3v) is 5.66. The van der Waals surface area contributed by atoms with Crippen LogP contribution in [0.1, 0.15) is 17.2 Å². The Hall–Kier alpha value is -0.940. The SMILES string of the molecule is CNC(c1ccc(Cl)cc1F)c1csc2c(Br)cccc12. The fraction of sp³-hybridized carbons (Fsp3) is 0.125. The smallest absolute Gasteiger partial charge is 0.129 e. The number of nitrogens with one attached hydrogen (secondary N) is 1. The molecule has 0 aliphatic heterocycles. The van der Waals surface area contributed by atoms with Gasteiger partial charge in [-0.25, -0.2) is 4.39 Å². The summed E-state index contributed by atoms with van der Waals surface area (Å²) in [5, 5.41) is 6.81. The second kappa shape index (κ2) is 6.05. The summed E-state index contributed by atoms with van der Waals surface area (Å²) in [5.41, 5.74) is 1.67. The average Bonchev–Trinajstić information content (AvgIpc) is 2.87. The molecule has 0 spiro atoms. The van der Waals surface area contributed by atoms with Crippen LogP contribution in [0.15, 0.2) is 46.3 Å². The molecule has 0 saturated carbocycles. The van der Waals surface area contributed by atoms with Gasteiger partial charge in [-0.1, -0.05) is 29.8 Å². The van der Waals surface area contributed by atoms with E-state index in [1.165, 1.54) is 10.8 Å². The number of thiophene rings is 1. The van der Waals surface area contributed by atoms with Crippen molar-refractivity contribution in [1.29, 1.82) is 0 Å². The predicted octanol–water partition coefficient (Wildman–Crippen LogP) is 5.77. The lowest BCUT2D eigenvalue weighted by molar-refractivity contribution is 0.578. The van der Waals surface area contributed by atoms with Crippen molar-refractivity contribution in [2.75, 3.05) is 7.05 Å². The van der Waals surface area contributed by atoms with E-state index in [-0.39, 0.29) is 11.9 Å². The summed E-state index contributed by atoms with van der Waals surface area (Å²) in [5.74, 6) is -0.295. The molecule has 3 aromatic rings. The van der Waals surface area contributed by atoms with Gasteiger partial charge in [0.25, 0.3) is 0 Å². The first-order valence-corrected chi connectivity index (χ1v) is 8.44. The first-order valence-electron chi connectivity index (χ1n) is 6.39. The lowest BCUT2D eigenvalue weighted by atomic mass is 9.98.